The van der Waals surface area contributed by atoms with Crippen molar-refractivity contribution in [2.45, 2.75) is 49.8 Å². The lowest BCUT2D eigenvalue weighted by atomic mass is 9.82. The highest BCUT2D eigenvalue weighted by Gasteiger charge is 2.35. The van der Waals surface area contributed by atoms with Crippen LogP contribution >= 0.6 is 11.8 Å². The van der Waals surface area contributed by atoms with Gasteiger partial charge in [-0.1, -0.05) is 6.92 Å². The molecule has 1 saturated carbocycles. The summed E-state index contributed by atoms with van der Waals surface area (Å²) in [4.78, 5) is 0. The minimum absolute atomic E-state index is 0.265. The van der Waals surface area contributed by atoms with Crippen molar-refractivity contribution in [1.29, 1.82) is 5.26 Å². The van der Waals surface area contributed by atoms with Crippen LogP contribution in [0.1, 0.15) is 39.0 Å². The summed E-state index contributed by atoms with van der Waals surface area (Å²) in [5, 5.41) is 13.5. The van der Waals surface area contributed by atoms with Crippen LogP contribution in [0.25, 0.3) is 0 Å². The molecule has 0 aromatic carbocycles. The summed E-state index contributed by atoms with van der Waals surface area (Å²) >= 11 is 1.96. The van der Waals surface area contributed by atoms with E-state index in [0.717, 1.165) is 44.6 Å². The second kappa shape index (κ2) is 7.97. The van der Waals surface area contributed by atoms with E-state index in [4.69, 9.17) is 4.74 Å². The maximum absolute atomic E-state index is 9.41. The molecule has 4 heteroatoms. The molecule has 1 N–H and O–H groups in total. The molecule has 1 aliphatic carbocycles. The molecule has 0 aromatic heterocycles. The van der Waals surface area contributed by atoms with Crippen LogP contribution in [-0.2, 0) is 4.74 Å². The summed E-state index contributed by atoms with van der Waals surface area (Å²) in [5.41, 5.74) is -0.265. The molecule has 0 aromatic rings. The zero-order chi connectivity index (χ0) is 12.6. The van der Waals surface area contributed by atoms with Gasteiger partial charge in [-0.05, 0) is 38.6 Å². The first-order valence-electron chi connectivity index (χ1n) is 6.53. The molecule has 1 fully saturated rings. The van der Waals surface area contributed by atoms with Gasteiger partial charge in [0.05, 0.1) is 12.7 Å². The molecule has 0 bridgehead atoms. The fourth-order valence-corrected chi connectivity index (χ4v) is 3.66. The van der Waals surface area contributed by atoms with Gasteiger partial charge in [-0.2, -0.15) is 17.0 Å². The lowest BCUT2D eigenvalue weighted by molar-refractivity contribution is 0.218. The Hall–Kier alpha value is -0.240. The van der Waals surface area contributed by atoms with E-state index >= 15 is 0 Å². The largest absolute Gasteiger partial charge is 0.384 e. The molecule has 0 heterocycles. The van der Waals surface area contributed by atoms with Gasteiger partial charge in [-0.3, -0.25) is 5.32 Å². The van der Waals surface area contributed by atoms with Crippen LogP contribution in [0.15, 0.2) is 0 Å². The number of hydrogen-bond donors (Lipinski definition) is 1. The Morgan fingerprint density at radius 2 is 2.41 bits per heavy atom. The second-order valence-electron chi connectivity index (χ2n) is 4.70. The molecule has 0 radical (unpaired) electrons. The number of methoxy groups -OCH3 is 1. The van der Waals surface area contributed by atoms with E-state index in [0.29, 0.717) is 5.25 Å². The van der Waals surface area contributed by atoms with Crippen LogP contribution in [-0.4, -0.2) is 36.8 Å². The number of thioether (sulfide) groups is 1. The van der Waals surface area contributed by atoms with Gasteiger partial charge in [-0.15, -0.1) is 0 Å². The standard InChI is InChI=1S/C13H24N2OS/c1-3-7-15-13(11-14)6-4-5-12(10-13)17-9-8-16-2/h12,15H,3-10H2,1-2H3. The van der Waals surface area contributed by atoms with Crippen LogP contribution in [0.2, 0.25) is 0 Å². The van der Waals surface area contributed by atoms with Crippen molar-refractivity contribution in [3.05, 3.63) is 0 Å². The smallest absolute Gasteiger partial charge is 0.107 e. The first kappa shape index (κ1) is 14.8. The van der Waals surface area contributed by atoms with E-state index in [1.807, 2.05) is 11.8 Å². The number of ether oxygens (including phenoxy) is 1. The summed E-state index contributed by atoms with van der Waals surface area (Å²) < 4.78 is 5.07. The Balaban J connectivity index is 2.42. The Bertz CT molecular complexity index is 254. The lowest BCUT2D eigenvalue weighted by Gasteiger charge is -2.36. The quantitative estimate of drug-likeness (QED) is 0.711. The first-order valence-corrected chi connectivity index (χ1v) is 7.58. The van der Waals surface area contributed by atoms with Crippen LogP contribution in [0.3, 0.4) is 0 Å². The van der Waals surface area contributed by atoms with E-state index in [2.05, 4.69) is 18.3 Å². The van der Waals surface area contributed by atoms with E-state index in [1.54, 1.807) is 7.11 Å². The summed E-state index contributed by atoms with van der Waals surface area (Å²) in [5.74, 6) is 1.04. The molecule has 2 atom stereocenters. The predicted molar refractivity (Wildman–Crippen MR) is 73.2 cm³/mol. The Morgan fingerprint density at radius 3 is 3.06 bits per heavy atom. The van der Waals surface area contributed by atoms with Crippen LogP contribution in [0.4, 0.5) is 0 Å². The van der Waals surface area contributed by atoms with E-state index in [9.17, 15) is 5.26 Å². The maximum Gasteiger partial charge on any atom is 0.107 e. The lowest BCUT2D eigenvalue weighted by Crippen LogP contribution is -2.48. The first-order chi connectivity index (χ1) is 8.26. The average molecular weight is 256 g/mol. The Kier molecular flexibility index (Phi) is 6.94. The van der Waals surface area contributed by atoms with Crippen LogP contribution in [0.5, 0.6) is 0 Å². The fraction of sp³-hybridized carbons (Fsp3) is 0.923. The summed E-state index contributed by atoms with van der Waals surface area (Å²) in [6.07, 6.45) is 5.48. The van der Waals surface area contributed by atoms with Gasteiger partial charge in [-0.25, -0.2) is 0 Å². The van der Waals surface area contributed by atoms with Crippen LogP contribution in [0, 0.1) is 11.3 Å². The fourth-order valence-electron chi connectivity index (χ4n) is 2.33. The maximum atomic E-state index is 9.41. The third-order valence-electron chi connectivity index (χ3n) is 3.27. The molecule has 3 nitrogen and oxygen atoms in total. The minimum Gasteiger partial charge on any atom is -0.384 e. The van der Waals surface area contributed by atoms with Crippen molar-refractivity contribution in [3.8, 4) is 6.07 Å². The van der Waals surface area contributed by atoms with Crippen molar-refractivity contribution >= 4 is 11.8 Å². The molecular weight excluding hydrogens is 232 g/mol. The third-order valence-corrected chi connectivity index (χ3v) is 4.55. The molecule has 98 valence electrons. The molecular formula is C13H24N2OS. The summed E-state index contributed by atoms with van der Waals surface area (Å²) in [6, 6.07) is 2.52. The second-order valence-corrected chi connectivity index (χ2v) is 6.11. The SMILES string of the molecule is CCCNC1(C#N)CCCC(SCCOC)C1. The zero-order valence-electron chi connectivity index (χ0n) is 11.0. The number of rotatable bonds is 7. The van der Waals surface area contributed by atoms with Gasteiger partial charge >= 0.3 is 0 Å². The van der Waals surface area contributed by atoms with Crippen molar-refractivity contribution in [2.75, 3.05) is 26.0 Å². The van der Waals surface area contributed by atoms with Crippen molar-refractivity contribution in [2.24, 2.45) is 0 Å². The van der Waals surface area contributed by atoms with Gasteiger partial charge in [0.1, 0.15) is 5.54 Å². The molecule has 0 spiro atoms. The molecule has 0 aliphatic heterocycles. The molecule has 1 rings (SSSR count). The van der Waals surface area contributed by atoms with Crippen molar-refractivity contribution in [1.82, 2.24) is 5.32 Å². The topological polar surface area (TPSA) is 45.0 Å². The Labute approximate surface area is 109 Å². The number of hydrogen-bond acceptors (Lipinski definition) is 4. The van der Waals surface area contributed by atoms with Gasteiger partial charge in [0.15, 0.2) is 0 Å². The average Bonchev–Trinajstić information content (AvgIpc) is 2.37. The van der Waals surface area contributed by atoms with Gasteiger partial charge < -0.3 is 4.74 Å². The summed E-state index contributed by atoms with van der Waals surface area (Å²) in [7, 11) is 1.74. The number of nitrogens with one attached hydrogen (secondary N) is 1. The molecule has 0 amide bonds. The van der Waals surface area contributed by atoms with E-state index in [-0.39, 0.29) is 5.54 Å². The molecule has 1 aliphatic rings. The summed E-state index contributed by atoms with van der Waals surface area (Å²) in [6.45, 7) is 3.90. The highest BCUT2D eigenvalue weighted by molar-refractivity contribution is 7.99. The highest BCUT2D eigenvalue weighted by atomic mass is 32.2. The van der Waals surface area contributed by atoms with E-state index in [1.165, 1.54) is 6.42 Å². The molecule has 2 unspecified atom stereocenters. The van der Waals surface area contributed by atoms with Gasteiger partial charge in [0, 0.05) is 18.1 Å². The molecule has 0 saturated heterocycles. The normalized spacial score (nSPS) is 28.9. The Morgan fingerprint density at radius 1 is 1.59 bits per heavy atom. The third kappa shape index (κ3) is 4.87. The number of nitrogens with zero attached hydrogens (tertiary/aromatic N) is 1. The van der Waals surface area contributed by atoms with Crippen molar-refractivity contribution in [3.63, 3.8) is 0 Å². The predicted octanol–water partition coefficient (Wildman–Crippen LogP) is 2.57. The minimum atomic E-state index is -0.265. The van der Waals surface area contributed by atoms with E-state index < -0.39 is 0 Å². The zero-order valence-corrected chi connectivity index (χ0v) is 11.8. The highest BCUT2D eigenvalue weighted by Crippen LogP contribution is 2.34. The van der Waals surface area contributed by atoms with Crippen LogP contribution < -0.4 is 5.32 Å². The van der Waals surface area contributed by atoms with Gasteiger partial charge in [0.2, 0.25) is 0 Å². The van der Waals surface area contributed by atoms with Gasteiger partial charge in [0.25, 0.3) is 0 Å². The molecule has 17 heavy (non-hydrogen) atoms. The monoisotopic (exact) mass is 256 g/mol. The number of nitriles is 1. The van der Waals surface area contributed by atoms with Crippen molar-refractivity contribution < 1.29 is 4.74 Å².